The number of thiophene rings is 1. The van der Waals surface area contributed by atoms with Gasteiger partial charge in [-0.05, 0) is 49.6 Å². The Hall–Kier alpha value is -1.35. The molecule has 1 aromatic heterocycles. The quantitative estimate of drug-likeness (QED) is 0.776. The molecule has 3 heteroatoms. The highest BCUT2D eigenvalue weighted by Gasteiger charge is 2.16. The molecule has 1 heterocycles. The van der Waals surface area contributed by atoms with Crippen molar-refractivity contribution in [1.29, 1.82) is 0 Å². The molecule has 2 rings (SSSR count). The largest absolute Gasteiger partial charge is 0.460 e. The maximum atomic E-state index is 11.7. The van der Waals surface area contributed by atoms with E-state index in [0.717, 1.165) is 6.42 Å². The van der Waals surface area contributed by atoms with E-state index in [2.05, 4.69) is 23.6 Å². The molecule has 0 fully saturated rings. The summed E-state index contributed by atoms with van der Waals surface area (Å²) in [6.07, 6.45) is 1.18. The second kappa shape index (κ2) is 5.11. The molecule has 2 aromatic rings. The second-order valence-corrected chi connectivity index (χ2v) is 6.26. The number of carbonyl (C=O) groups excluding carboxylic acids is 1. The minimum atomic E-state index is -0.397. The molecule has 0 amide bonds. The fourth-order valence-corrected chi connectivity index (χ4v) is 2.83. The van der Waals surface area contributed by atoms with Gasteiger partial charge in [-0.15, -0.1) is 11.3 Å². The van der Waals surface area contributed by atoms with Gasteiger partial charge in [0, 0.05) is 11.1 Å². The van der Waals surface area contributed by atoms with Crippen LogP contribution in [0, 0.1) is 0 Å². The molecule has 0 saturated heterocycles. The van der Waals surface area contributed by atoms with Crippen molar-refractivity contribution in [2.75, 3.05) is 0 Å². The summed E-state index contributed by atoms with van der Waals surface area (Å²) >= 11 is 1.73. The molecular weight excluding hydrogens is 244 g/mol. The lowest BCUT2D eigenvalue weighted by Crippen LogP contribution is -2.24. The molecule has 0 bridgehead atoms. The molecule has 0 unspecified atom stereocenters. The van der Waals surface area contributed by atoms with Crippen LogP contribution in [0.5, 0.6) is 0 Å². The van der Waals surface area contributed by atoms with Gasteiger partial charge < -0.3 is 4.74 Å². The predicted molar refractivity (Wildman–Crippen MR) is 76.0 cm³/mol. The molecule has 0 aliphatic rings. The van der Waals surface area contributed by atoms with E-state index in [9.17, 15) is 4.79 Å². The maximum absolute atomic E-state index is 11.7. The number of carbonyl (C=O) groups is 1. The lowest BCUT2D eigenvalue weighted by molar-refractivity contribution is -0.154. The Labute approximate surface area is 112 Å². The molecule has 0 aliphatic heterocycles. The minimum Gasteiger partial charge on any atom is -0.460 e. The van der Waals surface area contributed by atoms with E-state index in [1.54, 1.807) is 11.3 Å². The minimum absolute atomic E-state index is 0.129. The molecule has 0 spiro atoms. The monoisotopic (exact) mass is 262 g/mol. The first-order valence-corrected chi connectivity index (χ1v) is 7.00. The summed E-state index contributed by atoms with van der Waals surface area (Å²) in [6, 6.07) is 8.34. The number of hydrogen-bond acceptors (Lipinski definition) is 3. The van der Waals surface area contributed by atoms with E-state index in [-0.39, 0.29) is 5.97 Å². The van der Waals surface area contributed by atoms with Crippen LogP contribution in [-0.4, -0.2) is 11.6 Å². The van der Waals surface area contributed by atoms with Crippen molar-refractivity contribution in [3.05, 3.63) is 35.2 Å². The number of esters is 1. The van der Waals surface area contributed by atoms with Gasteiger partial charge in [-0.2, -0.15) is 0 Å². The number of ether oxygens (including phenoxy) is 1. The molecular formula is C15H18O2S. The smallest absolute Gasteiger partial charge is 0.306 e. The summed E-state index contributed by atoms with van der Waals surface area (Å²) in [6.45, 7) is 5.68. The van der Waals surface area contributed by atoms with Crippen molar-refractivity contribution in [2.24, 2.45) is 0 Å². The van der Waals surface area contributed by atoms with E-state index in [1.165, 1.54) is 15.6 Å². The predicted octanol–water partition coefficient (Wildman–Crippen LogP) is 4.18. The Balaban J connectivity index is 2.02. The van der Waals surface area contributed by atoms with Gasteiger partial charge in [0.15, 0.2) is 0 Å². The van der Waals surface area contributed by atoms with Crippen molar-refractivity contribution in [2.45, 2.75) is 39.2 Å². The van der Waals surface area contributed by atoms with Crippen LogP contribution in [0.25, 0.3) is 10.1 Å². The molecule has 0 radical (unpaired) electrons. The molecule has 0 N–H and O–H groups in total. The Morgan fingerprint density at radius 1 is 1.28 bits per heavy atom. The molecule has 18 heavy (non-hydrogen) atoms. The van der Waals surface area contributed by atoms with Crippen LogP contribution >= 0.6 is 11.3 Å². The fraction of sp³-hybridized carbons (Fsp3) is 0.400. The summed E-state index contributed by atoms with van der Waals surface area (Å²) < 4.78 is 6.60. The van der Waals surface area contributed by atoms with Gasteiger partial charge in [-0.3, -0.25) is 4.79 Å². The summed E-state index contributed by atoms with van der Waals surface area (Å²) in [7, 11) is 0. The van der Waals surface area contributed by atoms with Crippen LogP contribution in [0.1, 0.15) is 32.8 Å². The Morgan fingerprint density at radius 2 is 2.06 bits per heavy atom. The number of aryl methyl sites for hydroxylation is 1. The van der Waals surface area contributed by atoms with E-state index >= 15 is 0 Å². The van der Waals surface area contributed by atoms with Gasteiger partial charge in [0.2, 0.25) is 0 Å². The third kappa shape index (κ3) is 3.33. The standard InChI is InChI=1S/C15H18O2S/c1-15(2,3)17-13(16)8-7-11-5-4-6-12-9-10-18-14(11)12/h4-6,9-10H,7-8H2,1-3H3. The lowest BCUT2D eigenvalue weighted by Gasteiger charge is -2.19. The van der Waals surface area contributed by atoms with Crippen molar-refractivity contribution in [3.8, 4) is 0 Å². The molecule has 0 aliphatic carbocycles. The maximum Gasteiger partial charge on any atom is 0.306 e. The third-order valence-corrected chi connectivity index (χ3v) is 3.58. The summed E-state index contributed by atoms with van der Waals surface area (Å²) in [5.41, 5.74) is 0.833. The van der Waals surface area contributed by atoms with E-state index in [1.807, 2.05) is 26.8 Å². The summed E-state index contributed by atoms with van der Waals surface area (Å²) in [5, 5.41) is 3.34. The SMILES string of the molecule is CC(C)(C)OC(=O)CCc1cccc2ccsc12. The third-order valence-electron chi connectivity index (χ3n) is 2.58. The van der Waals surface area contributed by atoms with Crippen LogP contribution in [0.4, 0.5) is 0 Å². The summed E-state index contributed by atoms with van der Waals surface area (Å²) in [4.78, 5) is 11.7. The highest BCUT2D eigenvalue weighted by atomic mass is 32.1. The lowest BCUT2D eigenvalue weighted by atomic mass is 10.1. The van der Waals surface area contributed by atoms with Crippen LogP contribution in [0.15, 0.2) is 29.6 Å². The summed E-state index contributed by atoms with van der Waals surface area (Å²) in [5.74, 6) is -0.129. The number of hydrogen-bond donors (Lipinski definition) is 0. The van der Waals surface area contributed by atoms with Crippen molar-refractivity contribution in [1.82, 2.24) is 0 Å². The second-order valence-electron chi connectivity index (χ2n) is 5.34. The van der Waals surface area contributed by atoms with E-state index in [4.69, 9.17) is 4.74 Å². The van der Waals surface area contributed by atoms with Gasteiger partial charge in [0.1, 0.15) is 5.60 Å². The van der Waals surface area contributed by atoms with Gasteiger partial charge in [-0.1, -0.05) is 18.2 Å². The normalized spacial score (nSPS) is 11.7. The van der Waals surface area contributed by atoms with Crippen LogP contribution < -0.4 is 0 Å². The highest BCUT2D eigenvalue weighted by molar-refractivity contribution is 7.17. The first-order chi connectivity index (χ1) is 8.46. The van der Waals surface area contributed by atoms with E-state index in [0.29, 0.717) is 6.42 Å². The first-order valence-electron chi connectivity index (χ1n) is 6.13. The van der Waals surface area contributed by atoms with Crippen molar-refractivity contribution in [3.63, 3.8) is 0 Å². The van der Waals surface area contributed by atoms with E-state index < -0.39 is 5.60 Å². The van der Waals surface area contributed by atoms with Crippen LogP contribution in [0.2, 0.25) is 0 Å². The van der Waals surface area contributed by atoms with Gasteiger partial charge in [0.05, 0.1) is 0 Å². The zero-order chi connectivity index (χ0) is 13.2. The van der Waals surface area contributed by atoms with Gasteiger partial charge in [-0.25, -0.2) is 0 Å². The number of rotatable bonds is 3. The Morgan fingerprint density at radius 3 is 2.78 bits per heavy atom. The molecule has 2 nitrogen and oxygen atoms in total. The van der Waals surface area contributed by atoms with Gasteiger partial charge in [0.25, 0.3) is 0 Å². The Kier molecular flexibility index (Phi) is 3.71. The van der Waals surface area contributed by atoms with Gasteiger partial charge >= 0.3 is 5.97 Å². The van der Waals surface area contributed by atoms with Crippen LogP contribution in [-0.2, 0) is 16.0 Å². The molecule has 0 atom stereocenters. The number of fused-ring (bicyclic) bond motifs is 1. The molecule has 96 valence electrons. The first kappa shape index (κ1) is 13.1. The average Bonchev–Trinajstić information content (AvgIpc) is 2.72. The number of benzene rings is 1. The molecule has 1 aromatic carbocycles. The molecule has 0 saturated carbocycles. The van der Waals surface area contributed by atoms with Crippen LogP contribution in [0.3, 0.4) is 0 Å². The Bertz CT molecular complexity index is 549. The zero-order valence-electron chi connectivity index (χ0n) is 11.0. The van der Waals surface area contributed by atoms with Crippen molar-refractivity contribution < 1.29 is 9.53 Å². The van der Waals surface area contributed by atoms with Crippen molar-refractivity contribution >= 4 is 27.4 Å². The zero-order valence-corrected chi connectivity index (χ0v) is 11.8. The topological polar surface area (TPSA) is 26.3 Å². The highest BCUT2D eigenvalue weighted by Crippen LogP contribution is 2.25. The average molecular weight is 262 g/mol. The fourth-order valence-electron chi connectivity index (χ4n) is 1.88.